The maximum absolute atomic E-state index is 12.5. The first-order valence-electron chi connectivity index (χ1n) is 9.01. The Bertz CT molecular complexity index is 553. The molecule has 0 unspecified atom stereocenters. The van der Waals surface area contributed by atoms with E-state index in [-0.39, 0.29) is 11.8 Å². The first kappa shape index (κ1) is 17.0. The van der Waals surface area contributed by atoms with E-state index in [0.29, 0.717) is 32.0 Å². The molecule has 0 bridgehead atoms. The van der Waals surface area contributed by atoms with Crippen molar-refractivity contribution in [3.63, 3.8) is 0 Å². The van der Waals surface area contributed by atoms with E-state index in [1.807, 2.05) is 4.90 Å². The lowest BCUT2D eigenvalue weighted by Gasteiger charge is -2.33. The van der Waals surface area contributed by atoms with Crippen molar-refractivity contribution in [2.75, 3.05) is 39.3 Å². The molecule has 130 valence electrons. The Morgan fingerprint density at radius 1 is 1.08 bits per heavy atom. The zero-order valence-corrected chi connectivity index (χ0v) is 14.2. The lowest BCUT2D eigenvalue weighted by atomic mass is 9.90. The molecule has 2 amide bonds. The van der Waals surface area contributed by atoms with E-state index in [1.165, 1.54) is 5.56 Å². The highest BCUT2D eigenvalue weighted by atomic mass is 16.2. The van der Waals surface area contributed by atoms with E-state index in [2.05, 4.69) is 40.5 Å². The predicted molar refractivity (Wildman–Crippen MR) is 93.5 cm³/mol. The summed E-state index contributed by atoms with van der Waals surface area (Å²) in [6, 6.07) is 10.6. The molecule has 5 heteroatoms. The number of nitrogens with one attached hydrogen (secondary N) is 1. The molecule has 2 heterocycles. The van der Waals surface area contributed by atoms with E-state index >= 15 is 0 Å². The van der Waals surface area contributed by atoms with E-state index in [1.54, 1.807) is 0 Å². The topological polar surface area (TPSA) is 52.7 Å². The third-order valence-corrected chi connectivity index (χ3v) is 5.10. The molecule has 0 atom stereocenters. The summed E-state index contributed by atoms with van der Waals surface area (Å²) in [6.45, 7) is 4.26. The fourth-order valence-corrected chi connectivity index (χ4v) is 3.60. The van der Waals surface area contributed by atoms with Crippen LogP contribution in [0.4, 0.5) is 0 Å². The number of rotatable bonds is 4. The number of carbonyl (C=O) groups excluding carboxylic acids is 2. The molecule has 0 aromatic heterocycles. The molecule has 5 nitrogen and oxygen atoms in total. The summed E-state index contributed by atoms with van der Waals surface area (Å²) in [7, 11) is 0. The van der Waals surface area contributed by atoms with Gasteiger partial charge in [-0.1, -0.05) is 30.3 Å². The van der Waals surface area contributed by atoms with Crippen LogP contribution in [-0.2, 0) is 16.0 Å². The molecule has 1 N–H and O–H groups in total. The molecule has 24 heavy (non-hydrogen) atoms. The van der Waals surface area contributed by atoms with Crippen molar-refractivity contribution in [3.05, 3.63) is 35.9 Å². The van der Waals surface area contributed by atoms with Crippen molar-refractivity contribution in [1.29, 1.82) is 0 Å². The van der Waals surface area contributed by atoms with Crippen molar-refractivity contribution in [2.24, 2.45) is 5.92 Å². The number of nitrogens with zero attached hydrogens (tertiary/aromatic N) is 2. The van der Waals surface area contributed by atoms with Gasteiger partial charge < -0.3 is 10.2 Å². The van der Waals surface area contributed by atoms with E-state index in [0.717, 1.165) is 38.9 Å². The molecule has 1 aromatic carbocycles. The van der Waals surface area contributed by atoms with Gasteiger partial charge in [-0.05, 0) is 30.7 Å². The maximum Gasteiger partial charge on any atom is 0.236 e. The standard InChI is InChI=1S/C19H27N3O2/c23-18-8-10-21(13-9-20-18)15-19(24)22-11-6-17(7-12-22)14-16-4-2-1-3-5-16/h1-5,17H,6-15H2,(H,20,23). The van der Waals surface area contributed by atoms with Crippen LogP contribution in [0.15, 0.2) is 30.3 Å². The Morgan fingerprint density at radius 3 is 2.58 bits per heavy atom. The second-order valence-corrected chi connectivity index (χ2v) is 6.89. The molecule has 0 spiro atoms. The first-order chi connectivity index (χ1) is 11.7. The molecule has 0 aliphatic carbocycles. The average molecular weight is 329 g/mol. The third-order valence-electron chi connectivity index (χ3n) is 5.10. The van der Waals surface area contributed by atoms with Crippen LogP contribution in [-0.4, -0.2) is 60.9 Å². The fraction of sp³-hybridized carbons (Fsp3) is 0.579. The van der Waals surface area contributed by atoms with Gasteiger partial charge in [0.1, 0.15) is 0 Å². The highest BCUT2D eigenvalue weighted by Crippen LogP contribution is 2.21. The quantitative estimate of drug-likeness (QED) is 0.906. The Kier molecular flexibility index (Phi) is 5.86. The molecule has 3 rings (SSSR count). The molecule has 2 saturated heterocycles. The van der Waals surface area contributed by atoms with E-state index in [9.17, 15) is 9.59 Å². The second kappa shape index (κ2) is 8.29. The molecule has 2 aliphatic heterocycles. The van der Waals surface area contributed by atoms with Crippen LogP contribution in [0, 0.1) is 5.92 Å². The highest BCUT2D eigenvalue weighted by molar-refractivity contribution is 5.79. The Morgan fingerprint density at radius 2 is 1.83 bits per heavy atom. The summed E-state index contributed by atoms with van der Waals surface area (Å²) in [5, 5.41) is 2.85. The third kappa shape index (κ3) is 4.81. The van der Waals surface area contributed by atoms with Gasteiger partial charge in [0.25, 0.3) is 0 Å². The molecule has 2 aliphatic rings. The first-order valence-corrected chi connectivity index (χ1v) is 9.01. The molecule has 0 radical (unpaired) electrons. The van der Waals surface area contributed by atoms with Gasteiger partial charge in [-0.3, -0.25) is 14.5 Å². The van der Waals surface area contributed by atoms with Gasteiger partial charge in [0.2, 0.25) is 11.8 Å². The summed E-state index contributed by atoms with van der Waals surface area (Å²) in [4.78, 5) is 28.0. The maximum atomic E-state index is 12.5. The SMILES string of the molecule is O=C1CCN(CC(=O)N2CCC(Cc3ccccc3)CC2)CCN1. The lowest BCUT2D eigenvalue weighted by Crippen LogP contribution is -2.45. The highest BCUT2D eigenvalue weighted by Gasteiger charge is 2.24. The predicted octanol–water partition coefficient (Wildman–Crippen LogP) is 1.29. The van der Waals surface area contributed by atoms with Gasteiger partial charge in [0.15, 0.2) is 0 Å². The van der Waals surface area contributed by atoms with Crippen LogP contribution in [0.3, 0.4) is 0 Å². The number of hydrogen-bond donors (Lipinski definition) is 1. The summed E-state index contributed by atoms with van der Waals surface area (Å²) in [5.41, 5.74) is 1.39. The molecule has 0 saturated carbocycles. The Hall–Kier alpha value is -1.88. The van der Waals surface area contributed by atoms with Gasteiger partial charge in [-0.2, -0.15) is 0 Å². The largest absolute Gasteiger partial charge is 0.355 e. The van der Waals surface area contributed by atoms with Crippen LogP contribution >= 0.6 is 0 Å². The van der Waals surface area contributed by atoms with Crippen LogP contribution < -0.4 is 5.32 Å². The van der Waals surface area contributed by atoms with Gasteiger partial charge in [-0.25, -0.2) is 0 Å². The fourth-order valence-electron chi connectivity index (χ4n) is 3.60. The van der Waals surface area contributed by atoms with Crippen LogP contribution in [0.25, 0.3) is 0 Å². The minimum Gasteiger partial charge on any atom is -0.355 e. The van der Waals surface area contributed by atoms with Crippen molar-refractivity contribution >= 4 is 11.8 Å². The normalized spacial score (nSPS) is 20.5. The van der Waals surface area contributed by atoms with Gasteiger partial charge >= 0.3 is 0 Å². The zero-order chi connectivity index (χ0) is 16.8. The van der Waals surface area contributed by atoms with Gasteiger partial charge in [0.05, 0.1) is 6.54 Å². The summed E-state index contributed by atoms with van der Waals surface area (Å²) < 4.78 is 0. The minimum atomic E-state index is 0.0895. The number of amides is 2. The summed E-state index contributed by atoms with van der Waals surface area (Å²) >= 11 is 0. The molecular weight excluding hydrogens is 302 g/mol. The number of benzene rings is 1. The van der Waals surface area contributed by atoms with Crippen LogP contribution in [0.1, 0.15) is 24.8 Å². The number of hydrogen-bond acceptors (Lipinski definition) is 3. The van der Waals surface area contributed by atoms with E-state index in [4.69, 9.17) is 0 Å². The summed E-state index contributed by atoms with van der Waals surface area (Å²) in [5.74, 6) is 0.977. The smallest absolute Gasteiger partial charge is 0.236 e. The van der Waals surface area contributed by atoms with E-state index < -0.39 is 0 Å². The average Bonchev–Trinajstić information content (AvgIpc) is 2.81. The molecule has 1 aromatic rings. The van der Waals surface area contributed by atoms with Crippen molar-refractivity contribution < 1.29 is 9.59 Å². The van der Waals surface area contributed by atoms with Crippen molar-refractivity contribution in [3.8, 4) is 0 Å². The Balaban J connectivity index is 1.42. The lowest BCUT2D eigenvalue weighted by molar-refractivity contribution is -0.134. The molecular formula is C19H27N3O2. The van der Waals surface area contributed by atoms with Crippen LogP contribution in [0.2, 0.25) is 0 Å². The molecule has 2 fully saturated rings. The monoisotopic (exact) mass is 329 g/mol. The number of piperidine rings is 1. The second-order valence-electron chi connectivity index (χ2n) is 6.89. The van der Waals surface area contributed by atoms with Crippen molar-refractivity contribution in [2.45, 2.75) is 25.7 Å². The summed E-state index contributed by atoms with van der Waals surface area (Å²) in [6.07, 6.45) is 3.77. The minimum absolute atomic E-state index is 0.0895. The van der Waals surface area contributed by atoms with Crippen LogP contribution in [0.5, 0.6) is 0 Å². The number of likely N-dealkylation sites (tertiary alicyclic amines) is 1. The van der Waals surface area contributed by atoms with Gasteiger partial charge in [-0.15, -0.1) is 0 Å². The zero-order valence-electron chi connectivity index (χ0n) is 14.2. The number of carbonyl (C=O) groups is 2. The Labute approximate surface area is 144 Å². The van der Waals surface area contributed by atoms with Crippen molar-refractivity contribution in [1.82, 2.24) is 15.1 Å². The van der Waals surface area contributed by atoms with Gasteiger partial charge in [0, 0.05) is 39.1 Å².